The van der Waals surface area contributed by atoms with Crippen molar-refractivity contribution in [3.8, 4) is 5.69 Å². The van der Waals surface area contributed by atoms with E-state index in [-0.39, 0.29) is 21.6 Å². The molecule has 0 saturated carbocycles. The first-order chi connectivity index (χ1) is 14.3. The number of aryl methyl sites for hydroxylation is 1. The van der Waals surface area contributed by atoms with Crippen LogP contribution in [0.15, 0.2) is 51.2 Å². The van der Waals surface area contributed by atoms with E-state index in [4.69, 9.17) is 40.5 Å². The van der Waals surface area contributed by atoms with Crippen LogP contribution in [0.25, 0.3) is 16.0 Å². The minimum atomic E-state index is -0.364. The van der Waals surface area contributed by atoms with Crippen molar-refractivity contribution in [3.63, 3.8) is 0 Å². The van der Waals surface area contributed by atoms with Crippen LogP contribution < -0.4 is 11.3 Å². The fourth-order valence-electron chi connectivity index (χ4n) is 2.66. The van der Waals surface area contributed by atoms with Gasteiger partial charge in [0.1, 0.15) is 10.4 Å². The summed E-state index contributed by atoms with van der Waals surface area (Å²) >= 11 is 19.4. The number of H-pyrrole nitrogens is 1. The van der Waals surface area contributed by atoms with Crippen LogP contribution in [-0.2, 0) is 0 Å². The fourth-order valence-corrected chi connectivity index (χ4v) is 4.47. The van der Waals surface area contributed by atoms with Crippen molar-refractivity contribution in [2.75, 3.05) is 0 Å². The second-order valence-electron chi connectivity index (χ2n) is 6.28. The number of hydrogen-bond donors (Lipinski definition) is 2. The Kier molecular flexibility index (Phi) is 5.66. The molecule has 2 aromatic carbocycles. The lowest BCUT2D eigenvalue weighted by molar-refractivity contribution is 0.859. The number of aromatic nitrogens is 3. The maximum absolute atomic E-state index is 12.8. The number of guanidine groups is 1. The maximum Gasteiger partial charge on any atom is 0.291 e. The van der Waals surface area contributed by atoms with Crippen LogP contribution in [0.5, 0.6) is 0 Å². The highest BCUT2D eigenvalue weighted by Crippen LogP contribution is 2.32. The summed E-state index contributed by atoms with van der Waals surface area (Å²) in [6, 6.07) is 10.8. The van der Waals surface area contributed by atoms with E-state index in [0.29, 0.717) is 26.2 Å². The molecular formula is C19H13Cl3N6OS. The normalized spacial score (nSPS) is 12.3. The Bertz CT molecular complexity index is 1340. The monoisotopic (exact) mass is 478 g/mol. The van der Waals surface area contributed by atoms with Crippen molar-refractivity contribution in [1.82, 2.24) is 14.8 Å². The number of nitrogens with zero attached hydrogens (tertiary/aromatic N) is 4. The summed E-state index contributed by atoms with van der Waals surface area (Å²) in [5.41, 5.74) is 8.18. The van der Waals surface area contributed by atoms with Crippen molar-refractivity contribution < 1.29 is 0 Å². The molecule has 30 heavy (non-hydrogen) atoms. The van der Waals surface area contributed by atoms with Gasteiger partial charge in [0.15, 0.2) is 5.65 Å². The number of aromatic amines is 1. The van der Waals surface area contributed by atoms with Crippen molar-refractivity contribution >= 4 is 73.8 Å². The third kappa shape index (κ3) is 4.13. The van der Waals surface area contributed by atoms with E-state index >= 15 is 0 Å². The first-order valence-corrected chi connectivity index (χ1v) is 10.5. The predicted octanol–water partition coefficient (Wildman–Crippen LogP) is 5.11. The predicted molar refractivity (Wildman–Crippen MR) is 125 cm³/mol. The number of benzene rings is 2. The van der Waals surface area contributed by atoms with Gasteiger partial charge >= 0.3 is 0 Å². The Morgan fingerprint density at radius 2 is 1.87 bits per heavy atom. The Hall–Kier alpha value is -2.65. The highest BCUT2D eigenvalue weighted by Gasteiger charge is 2.18. The largest absolute Gasteiger partial charge is 0.368 e. The molecular weight excluding hydrogens is 467 g/mol. The fraction of sp³-hybridized carbons (Fsp3) is 0.0526. The van der Waals surface area contributed by atoms with E-state index in [9.17, 15) is 4.79 Å². The van der Waals surface area contributed by atoms with E-state index in [1.165, 1.54) is 16.8 Å². The molecule has 2 heterocycles. The van der Waals surface area contributed by atoms with Gasteiger partial charge in [0.2, 0.25) is 11.1 Å². The number of aliphatic imine (C=N–C) groups is 2. The summed E-state index contributed by atoms with van der Waals surface area (Å²) in [6.07, 6.45) is 1.61. The van der Waals surface area contributed by atoms with E-state index in [0.717, 1.165) is 22.5 Å². The lowest BCUT2D eigenvalue weighted by Gasteiger charge is -2.07. The van der Waals surface area contributed by atoms with E-state index in [1.807, 2.05) is 31.2 Å². The van der Waals surface area contributed by atoms with Gasteiger partial charge in [-0.2, -0.15) is 9.98 Å². The number of nitrogens with one attached hydrogen (secondary N) is 1. The van der Waals surface area contributed by atoms with Crippen LogP contribution in [0.1, 0.15) is 11.1 Å². The third-order valence-corrected chi connectivity index (χ3v) is 5.80. The molecule has 0 aliphatic heterocycles. The summed E-state index contributed by atoms with van der Waals surface area (Å²) in [5, 5.41) is 4.01. The van der Waals surface area contributed by atoms with Crippen molar-refractivity contribution in [2.45, 2.75) is 6.92 Å². The van der Waals surface area contributed by atoms with Crippen molar-refractivity contribution in [1.29, 1.82) is 0 Å². The topological polar surface area (TPSA) is 101 Å². The minimum Gasteiger partial charge on any atom is -0.368 e. The molecule has 0 bridgehead atoms. The highest BCUT2D eigenvalue weighted by molar-refractivity contribution is 7.21. The summed E-state index contributed by atoms with van der Waals surface area (Å²) in [7, 11) is 0. The molecule has 4 rings (SSSR count). The number of nitrogens with two attached hydrogens (primary N) is 1. The number of thiazole rings is 1. The molecule has 0 spiro atoms. The molecule has 0 aliphatic carbocycles. The van der Waals surface area contributed by atoms with Gasteiger partial charge in [-0.1, -0.05) is 76.0 Å². The first-order valence-electron chi connectivity index (χ1n) is 8.53. The van der Waals surface area contributed by atoms with Gasteiger partial charge in [-0.3, -0.25) is 9.89 Å². The standard InChI is InChI=1S/C19H13Cl3N6OS/c1-9-2-4-10(5-3-9)8-24-18(23)26-19-25-16-15(30-19)17(29)28(27-16)14-12(21)6-11(20)7-13(14)22/h2-8,27H,1H3,(H2,23,25,26)/b24-8+. The van der Waals surface area contributed by atoms with Crippen LogP contribution >= 0.6 is 46.1 Å². The molecule has 4 aromatic rings. The molecule has 0 fully saturated rings. The van der Waals surface area contributed by atoms with Gasteiger partial charge < -0.3 is 5.73 Å². The Labute approximate surface area is 189 Å². The molecule has 0 radical (unpaired) electrons. The van der Waals surface area contributed by atoms with Crippen LogP contribution in [0, 0.1) is 6.92 Å². The van der Waals surface area contributed by atoms with Gasteiger partial charge in [-0.05, 0) is 24.6 Å². The molecule has 152 valence electrons. The average Bonchev–Trinajstić information content (AvgIpc) is 3.19. The zero-order chi connectivity index (χ0) is 21.4. The van der Waals surface area contributed by atoms with Crippen LogP contribution in [-0.4, -0.2) is 26.9 Å². The smallest absolute Gasteiger partial charge is 0.291 e. The molecule has 11 heteroatoms. The van der Waals surface area contributed by atoms with Gasteiger partial charge in [-0.25, -0.2) is 9.67 Å². The molecule has 0 amide bonds. The Morgan fingerprint density at radius 3 is 2.50 bits per heavy atom. The maximum atomic E-state index is 12.8. The second-order valence-corrected chi connectivity index (χ2v) is 8.51. The summed E-state index contributed by atoms with van der Waals surface area (Å²) in [4.78, 5) is 25.4. The molecule has 0 aliphatic rings. The highest BCUT2D eigenvalue weighted by atomic mass is 35.5. The molecule has 2 aromatic heterocycles. The van der Waals surface area contributed by atoms with E-state index < -0.39 is 0 Å². The van der Waals surface area contributed by atoms with Gasteiger partial charge in [0.05, 0.1) is 10.0 Å². The van der Waals surface area contributed by atoms with Crippen molar-refractivity contribution in [3.05, 3.63) is 72.9 Å². The third-order valence-electron chi connectivity index (χ3n) is 4.07. The first kappa shape index (κ1) is 20.6. The van der Waals surface area contributed by atoms with Gasteiger partial charge in [-0.15, -0.1) is 0 Å². The number of rotatable bonds is 3. The van der Waals surface area contributed by atoms with Crippen LogP contribution in [0.2, 0.25) is 15.1 Å². The Morgan fingerprint density at radius 1 is 1.20 bits per heavy atom. The molecule has 3 N–H and O–H groups in total. The molecule has 7 nitrogen and oxygen atoms in total. The van der Waals surface area contributed by atoms with Crippen molar-refractivity contribution in [2.24, 2.45) is 15.7 Å². The van der Waals surface area contributed by atoms with Gasteiger partial charge in [0.25, 0.3) is 5.56 Å². The zero-order valence-corrected chi connectivity index (χ0v) is 18.4. The lowest BCUT2D eigenvalue weighted by atomic mass is 10.2. The quantitative estimate of drug-likeness (QED) is 0.315. The molecule has 0 atom stereocenters. The Balaban J connectivity index is 1.65. The number of hydrogen-bond acceptors (Lipinski definition) is 4. The lowest BCUT2D eigenvalue weighted by Crippen LogP contribution is -2.15. The van der Waals surface area contributed by atoms with E-state index in [1.54, 1.807) is 6.21 Å². The number of halogens is 3. The van der Waals surface area contributed by atoms with E-state index in [2.05, 4.69) is 20.1 Å². The van der Waals surface area contributed by atoms with Gasteiger partial charge in [0, 0.05) is 11.2 Å². The minimum absolute atomic E-state index is 0.0242. The average molecular weight is 480 g/mol. The second kappa shape index (κ2) is 8.23. The van der Waals surface area contributed by atoms with Crippen LogP contribution in [0.3, 0.4) is 0 Å². The molecule has 0 unspecified atom stereocenters. The summed E-state index contributed by atoms with van der Waals surface area (Å²) in [5.74, 6) is 0.0242. The number of fused-ring (bicyclic) bond motifs is 1. The zero-order valence-electron chi connectivity index (χ0n) is 15.4. The summed E-state index contributed by atoms with van der Waals surface area (Å²) in [6.45, 7) is 2.00. The SMILES string of the molecule is Cc1ccc(/C=N/C(N)=N/c2nc3[nH]n(-c4c(Cl)cc(Cl)cc4Cl)c(=O)c3s2)cc1. The molecule has 0 saturated heterocycles. The van der Waals surface area contributed by atoms with Crippen LogP contribution in [0.4, 0.5) is 5.13 Å². The summed E-state index contributed by atoms with van der Waals surface area (Å²) < 4.78 is 1.58.